The smallest absolute Gasteiger partial charge is 0.156 e. The topological polar surface area (TPSA) is 83.8 Å². The van der Waals surface area contributed by atoms with Crippen molar-refractivity contribution in [3.05, 3.63) is 29.3 Å². The molecule has 0 aromatic heterocycles. The van der Waals surface area contributed by atoms with Crippen molar-refractivity contribution in [3.63, 3.8) is 0 Å². The van der Waals surface area contributed by atoms with Gasteiger partial charge in [-0.25, -0.2) is 8.42 Å². The largest absolute Gasteiger partial charge is 0.486 e. The summed E-state index contributed by atoms with van der Waals surface area (Å²) in [5.41, 5.74) is 1.57. The van der Waals surface area contributed by atoms with Crippen LogP contribution >= 0.6 is 0 Å². The molecule has 2 unspecified atom stereocenters. The SMILES string of the molecule is Cc1cc([C@@H](C)O)ccc1OC1CS(=O)(=O)CC1O. The Labute approximate surface area is 112 Å². The van der Waals surface area contributed by atoms with Gasteiger partial charge in [-0.15, -0.1) is 0 Å². The second-order valence-corrected chi connectivity index (χ2v) is 7.16. The molecular weight excluding hydrogens is 268 g/mol. The highest BCUT2D eigenvalue weighted by molar-refractivity contribution is 7.91. The van der Waals surface area contributed by atoms with Gasteiger partial charge in [0.1, 0.15) is 18.0 Å². The van der Waals surface area contributed by atoms with Gasteiger partial charge in [0.2, 0.25) is 0 Å². The number of hydrogen-bond acceptors (Lipinski definition) is 5. The van der Waals surface area contributed by atoms with Crippen molar-refractivity contribution in [2.24, 2.45) is 0 Å². The molecule has 2 rings (SSSR count). The molecule has 5 nitrogen and oxygen atoms in total. The van der Waals surface area contributed by atoms with E-state index in [0.717, 1.165) is 11.1 Å². The lowest BCUT2D eigenvalue weighted by Crippen LogP contribution is -2.30. The van der Waals surface area contributed by atoms with E-state index in [1.807, 2.05) is 6.92 Å². The van der Waals surface area contributed by atoms with Crippen molar-refractivity contribution in [2.75, 3.05) is 11.5 Å². The zero-order valence-electron chi connectivity index (χ0n) is 10.9. The fourth-order valence-corrected chi connectivity index (χ4v) is 3.80. The van der Waals surface area contributed by atoms with Gasteiger partial charge in [-0.3, -0.25) is 0 Å². The van der Waals surface area contributed by atoms with Gasteiger partial charge >= 0.3 is 0 Å². The second-order valence-electron chi connectivity index (χ2n) is 5.00. The Bertz CT molecular complexity index is 564. The third kappa shape index (κ3) is 3.26. The summed E-state index contributed by atoms with van der Waals surface area (Å²) < 4.78 is 28.4. The van der Waals surface area contributed by atoms with E-state index in [-0.39, 0.29) is 11.5 Å². The Morgan fingerprint density at radius 2 is 2.05 bits per heavy atom. The number of benzene rings is 1. The summed E-state index contributed by atoms with van der Waals surface area (Å²) in [6.07, 6.45) is -2.27. The highest BCUT2D eigenvalue weighted by Gasteiger charge is 2.38. The molecule has 1 saturated heterocycles. The van der Waals surface area contributed by atoms with Crippen molar-refractivity contribution >= 4 is 9.84 Å². The summed E-state index contributed by atoms with van der Waals surface area (Å²) in [6, 6.07) is 5.20. The number of aryl methyl sites for hydroxylation is 1. The first-order valence-electron chi connectivity index (χ1n) is 6.12. The van der Waals surface area contributed by atoms with Gasteiger partial charge in [-0.1, -0.05) is 6.07 Å². The van der Waals surface area contributed by atoms with Crippen LogP contribution in [0.5, 0.6) is 5.75 Å². The van der Waals surface area contributed by atoms with E-state index >= 15 is 0 Å². The van der Waals surface area contributed by atoms with Gasteiger partial charge in [-0.2, -0.15) is 0 Å². The number of aliphatic hydroxyl groups excluding tert-OH is 2. The Hall–Kier alpha value is -1.11. The van der Waals surface area contributed by atoms with Crippen molar-refractivity contribution in [1.82, 2.24) is 0 Å². The van der Waals surface area contributed by atoms with Crippen LogP contribution in [0.3, 0.4) is 0 Å². The molecule has 2 N–H and O–H groups in total. The maximum atomic E-state index is 11.4. The van der Waals surface area contributed by atoms with E-state index in [9.17, 15) is 18.6 Å². The minimum Gasteiger partial charge on any atom is -0.486 e. The van der Waals surface area contributed by atoms with E-state index in [1.54, 1.807) is 25.1 Å². The summed E-state index contributed by atoms with van der Waals surface area (Å²) in [5.74, 6) is 0.124. The predicted molar refractivity (Wildman–Crippen MR) is 70.9 cm³/mol. The Morgan fingerprint density at radius 1 is 1.37 bits per heavy atom. The summed E-state index contributed by atoms with van der Waals surface area (Å²) in [4.78, 5) is 0. The number of ether oxygens (including phenoxy) is 1. The number of aliphatic hydroxyl groups is 2. The van der Waals surface area contributed by atoms with Crippen LogP contribution in [0.15, 0.2) is 18.2 Å². The van der Waals surface area contributed by atoms with E-state index in [1.165, 1.54) is 0 Å². The average molecular weight is 286 g/mol. The first-order chi connectivity index (χ1) is 8.78. The summed E-state index contributed by atoms with van der Waals surface area (Å²) in [6.45, 7) is 3.49. The van der Waals surface area contributed by atoms with Crippen molar-refractivity contribution in [1.29, 1.82) is 0 Å². The predicted octanol–water partition coefficient (Wildman–Crippen LogP) is 0.585. The quantitative estimate of drug-likeness (QED) is 0.849. The molecule has 6 heteroatoms. The lowest BCUT2D eigenvalue weighted by Gasteiger charge is -2.18. The summed E-state index contributed by atoms with van der Waals surface area (Å²) >= 11 is 0. The van der Waals surface area contributed by atoms with Crippen LogP contribution in [0.2, 0.25) is 0 Å². The van der Waals surface area contributed by atoms with Crippen LogP contribution in [0.1, 0.15) is 24.2 Å². The van der Waals surface area contributed by atoms with Gasteiger partial charge in [-0.05, 0) is 37.1 Å². The van der Waals surface area contributed by atoms with Crippen LogP contribution in [0.25, 0.3) is 0 Å². The first kappa shape index (κ1) is 14.3. The van der Waals surface area contributed by atoms with E-state index in [4.69, 9.17) is 4.74 Å². The van der Waals surface area contributed by atoms with Crippen LogP contribution in [0, 0.1) is 6.92 Å². The lowest BCUT2D eigenvalue weighted by atomic mass is 10.1. The van der Waals surface area contributed by atoms with Crippen molar-refractivity contribution in [3.8, 4) is 5.75 Å². The van der Waals surface area contributed by atoms with Crippen molar-refractivity contribution in [2.45, 2.75) is 32.2 Å². The average Bonchev–Trinajstić information content (AvgIpc) is 2.54. The minimum absolute atomic E-state index is 0.161. The standard InChI is InChI=1S/C13H18O5S/c1-8-5-10(9(2)14)3-4-12(8)18-13-7-19(16,17)6-11(13)15/h3-5,9,11,13-15H,6-7H2,1-2H3/t9-,11?,13?/m1/s1. The molecule has 0 amide bonds. The molecule has 0 aliphatic carbocycles. The highest BCUT2D eigenvalue weighted by Crippen LogP contribution is 2.26. The van der Waals surface area contributed by atoms with Crippen LogP contribution in [0.4, 0.5) is 0 Å². The molecule has 1 aliphatic heterocycles. The molecule has 3 atom stereocenters. The molecule has 0 bridgehead atoms. The minimum atomic E-state index is -3.21. The molecule has 1 aromatic rings. The molecule has 19 heavy (non-hydrogen) atoms. The molecular formula is C13H18O5S. The maximum Gasteiger partial charge on any atom is 0.156 e. The zero-order chi connectivity index (χ0) is 14.2. The zero-order valence-corrected chi connectivity index (χ0v) is 11.7. The lowest BCUT2D eigenvalue weighted by molar-refractivity contribution is 0.0733. The van der Waals surface area contributed by atoms with Gasteiger partial charge in [0.05, 0.1) is 17.6 Å². The summed E-state index contributed by atoms with van der Waals surface area (Å²) in [5, 5.41) is 19.1. The number of rotatable bonds is 3. The van der Waals surface area contributed by atoms with Gasteiger partial charge in [0, 0.05) is 0 Å². The van der Waals surface area contributed by atoms with Crippen LogP contribution in [-0.2, 0) is 9.84 Å². The highest BCUT2D eigenvalue weighted by atomic mass is 32.2. The molecule has 1 aromatic carbocycles. The van der Waals surface area contributed by atoms with E-state index in [2.05, 4.69) is 0 Å². The molecule has 106 valence electrons. The molecule has 1 aliphatic rings. The van der Waals surface area contributed by atoms with Crippen LogP contribution < -0.4 is 4.74 Å². The molecule has 1 fully saturated rings. The van der Waals surface area contributed by atoms with E-state index < -0.39 is 28.1 Å². The third-order valence-electron chi connectivity index (χ3n) is 3.23. The monoisotopic (exact) mass is 286 g/mol. The molecule has 0 spiro atoms. The Morgan fingerprint density at radius 3 is 2.53 bits per heavy atom. The Kier molecular flexibility index (Phi) is 3.85. The normalized spacial score (nSPS) is 27.2. The fraction of sp³-hybridized carbons (Fsp3) is 0.538. The molecule has 1 heterocycles. The number of sulfone groups is 1. The van der Waals surface area contributed by atoms with Gasteiger partial charge < -0.3 is 14.9 Å². The molecule has 0 saturated carbocycles. The van der Waals surface area contributed by atoms with Gasteiger partial charge in [0.25, 0.3) is 0 Å². The summed E-state index contributed by atoms with van der Waals surface area (Å²) in [7, 11) is -3.21. The Balaban J connectivity index is 2.16. The first-order valence-corrected chi connectivity index (χ1v) is 7.94. The number of hydrogen-bond donors (Lipinski definition) is 2. The fourth-order valence-electron chi connectivity index (χ4n) is 2.14. The van der Waals surface area contributed by atoms with E-state index in [0.29, 0.717) is 5.75 Å². The van der Waals surface area contributed by atoms with Crippen molar-refractivity contribution < 1.29 is 23.4 Å². The maximum absolute atomic E-state index is 11.4. The third-order valence-corrected chi connectivity index (χ3v) is 4.92. The van der Waals surface area contributed by atoms with Gasteiger partial charge in [0.15, 0.2) is 9.84 Å². The molecule has 0 radical (unpaired) electrons. The van der Waals surface area contributed by atoms with Crippen LogP contribution in [-0.4, -0.2) is 42.3 Å². The second kappa shape index (κ2) is 5.11.